The molecule has 6 nitrogen and oxygen atoms in total. The largest absolute Gasteiger partial charge is 0.486 e. The van der Waals surface area contributed by atoms with Crippen LogP contribution in [0.2, 0.25) is 0 Å². The van der Waals surface area contributed by atoms with E-state index in [2.05, 4.69) is 26.1 Å². The summed E-state index contributed by atoms with van der Waals surface area (Å²) in [5.74, 6) is 0.360. The number of amides is 2. The molecule has 0 radical (unpaired) electrons. The molecule has 2 heterocycles. The Labute approximate surface area is 195 Å². The maximum Gasteiger partial charge on any atom is 0.251 e. The molecule has 0 unspecified atom stereocenters. The van der Waals surface area contributed by atoms with Gasteiger partial charge in [0.1, 0.15) is 11.4 Å². The third-order valence-electron chi connectivity index (χ3n) is 6.69. The molecule has 2 aromatic carbocycles. The van der Waals surface area contributed by atoms with Crippen LogP contribution in [-0.2, 0) is 10.2 Å². The molecule has 33 heavy (non-hydrogen) atoms. The number of carbonyl (C=O) groups is 3. The van der Waals surface area contributed by atoms with Crippen molar-refractivity contribution in [2.45, 2.75) is 58.0 Å². The SMILES string of the molecule is Cc1ccc2c(c1)C(=O)CC1(CCN(C(=O)CNC(=O)c3ccc(C(C)(C)C)cc3)CC1)O2. The van der Waals surface area contributed by atoms with Gasteiger partial charge in [-0.25, -0.2) is 0 Å². The molecule has 2 aromatic rings. The molecular weight excluding hydrogens is 416 g/mol. The van der Waals surface area contributed by atoms with Gasteiger partial charge in [-0.1, -0.05) is 44.5 Å². The number of rotatable bonds is 3. The van der Waals surface area contributed by atoms with Crippen LogP contribution in [0.1, 0.15) is 71.9 Å². The zero-order valence-electron chi connectivity index (χ0n) is 19.9. The number of nitrogens with one attached hydrogen (secondary N) is 1. The molecule has 0 aromatic heterocycles. The van der Waals surface area contributed by atoms with Crippen LogP contribution in [-0.4, -0.2) is 47.7 Å². The fraction of sp³-hybridized carbons (Fsp3) is 0.444. The third kappa shape index (κ3) is 4.95. The summed E-state index contributed by atoms with van der Waals surface area (Å²) in [4.78, 5) is 39.6. The van der Waals surface area contributed by atoms with Crippen LogP contribution in [0.4, 0.5) is 0 Å². The van der Waals surface area contributed by atoms with Crippen molar-refractivity contribution in [1.29, 1.82) is 0 Å². The molecule has 6 heteroatoms. The number of nitrogens with zero attached hydrogens (tertiary/aromatic N) is 1. The van der Waals surface area contributed by atoms with Gasteiger partial charge in [0.15, 0.2) is 5.78 Å². The molecule has 1 N–H and O–H groups in total. The van der Waals surface area contributed by atoms with Gasteiger partial charge in [-0.15, -0.1) is 0 Å². The number of aryl methyl sites for hydroxylation is 1. The van der Waals surface area contributed by atoms with Crippen LogP contribution < -0.4 is 10.1 Å². The van der Waals surface area contributed by atoms with Gasteiger partial charge in [0.05, 0.1) is 18.5 Å². The summed E-state index contributed by atoms with van der Waals surface area (Å²) in [7, 11) is 0. The number of Topliss-reactive ketones (excluding diaryl/α,β-unsaturated/α-hetero) is 1. The first-order valence-corrected chi connectivity index (χ1v) is 11.6. The summed E-state index contributed by atoms with van der Waals surface area (Å²) in [6.07, 6.45) is 1.53. The predicted molar refractivity (Wildman–Crippen MR) is 127 cm³/mol. The maximum atomic E-state index is 12.7. The standard InChI is InChI=1S/C27H32N2O4/c1-18-5-10-23-21(15-18)22(30)16-27(33-23)11-13-29(14-12-27)24(31)17-28-25(32)19-6-8-20(9-7-19)26(2,3)4/h5-10,15H,11-14,16-17H2,1-4H3,(H,28,32). The Bertz CT molecular complexity index is 1070. The van der Waals surface area contributed by atoms with Crippen molar-refractivity contribution in [3.63, 3.8) is 0 Å². The van der Waals surface area contributed by atoms with Crippen molar-refractivity contribution in [3.8, 4) is 5.75 Å². The Kier molecular flexibility index (Phi) is 6.04. The normalized spacial score (nSPS) is 17.3. The number of likely N-dealkylation sites (tertiary alicyclic amines) is 1. The zero-order valence-corrected chi connectivity index (χ0v) is 19.9. The number of benzene rings is 2. The highest BCUT2D eigenvalue weighted by Crippen LogP contribution is 2.39. The molecule has 0 bridgehead atoms. The van der Waals surface area contributed by atoms with E-state index in [0.717, 1.165) is 11.1 Å². The monoisotopic (exact) mass is 448 g/mol. The van der Waals surface area contributed by atoms with E-state index in [1.165, 1.54) is 0 Å². The lowest BCUT2D eigenvalue weighted by atomic mass is 9.82. The minimum absolute atomic E-state index is 0.0181. The van der Waals surface area contributed by atoms with E-state index in [9.17, 15) is 14.4 Å². The van der Waals surface area contributed by atoms with Crippen LogP contribution in [0, 0.1) is 6.92 Å². The minimum atomic E-state index is -0.547. The van der Waals surface area contributed by atoms with E-state index < -0.39 is 5.60 Å². The highest BCUT2D eigenvalue weighted by molar-refractivity contribution is 6.00. The summed E-state index contributed by atoms with van der Waals surface area (Å²) >= 11 is 0. The Balaban J connectivity index is 1.30. The lowest BCUT2D eigenvalue weighted by molar-refractivity contribution is -0.133. The fourth-order valence-corrected chi connectivity index (χ4v) is 4.54. The number of ketones is 1. The van der Waals surface area contributed by atoms with Crippen molar-refractivity contribution in [2.75, 3.05) is 19.6 Å². The first-order chi connectivity index (χ1) is 15.6. The van der Waals surface area contributed by atoms with Gasteiger partial charge in [0, 0.05) is 31.5 Å². The van der Waals surface area contributed by atoms with Crippen LogP contribution in [0.5, 0.6) is 5.75 Å². The highest BCUT2D eigenvalue weighted by atomic mass is 16.5. The molecule has 174 valence electrons. The Morgan fingerprint density at radius 1 is 1.06 bits per heavy atom. The summed E-state index contributed by atoms with van der Waals surface area (Å²) in [6.45, 7) is 9.29. The molecule has 2 aliphatic heterocycles. The number of hydrogen-bond donors (Lipinski definition) is 1. The van der Waals surface area contributed by atoms with Gasteiger partial charge in [0.2, 0.25) is 5.91 Å². The van der Waals surface area contributed by atoms with Crippen LogP contribution in [0.25, 0.3) is 0 Å². The van der Waals surface area contributed by atoms with E-state index in [4.69, 9.17) is 4.74 Å². The smallest absolute Gasteiger partial charge is 0.251 e. The molecule has 1 fully saturated rings. The van der Waals surface area contributed by atoms with Gasteiger partial charge in [0.25, 0.3) is 5.91 Å². The summed E-state index contributed by atoms with van der Waals surface area (Å²) in [6, 6.07) is 13.2. The molecule has 1 saturated heterocycles. The zero-order chi connectivity index (χ0) is 23.8. The van der Waals surface area contributed by atoms with Crippen LogP contribution in [0.15, 0.2) is 42.5 Å². The molecule has 4 rings (SSSR count). The fourth-order valence-electron chi connectivity index (χ4n) is 4.54. The van der Waals surface area contributed by atoms with Crippen molar-refractivity contribution in [2.24, 2.45) is 0 Å². The first kappa shape index (κ1) is 23.0. The van der Waals surface area contributed by atoms with Crippen LogP contribution in [0.3, 0.4) is 0 Å². The molecule has 2 aliphatic rings. The maximum absolute atomic E-state index is 12.7. The third-order valence-corrected chi connectivity index (χ3v) is 6.69. The highest BCUT2D eigenvalue weighted by Gasteiger charge is 2.43. The van der Waals surface area contributed by atoms with Crippen molar-refractivity contribution in [3.05, 3.63) is 64.7 Å². The summed E-state index contributed by atoms with van der Waals surface area (Å²) in [5.41, 5.74) is 2.85. The second kappa shape index (κ2) is 8.65. The number of hydrogen-bond acceptors (Lipinski definition) is 4. The van der Waals surface area contributed by atoms with Gasteiger partial charge >= 0.3 is 0 Å². The minimum Gasteiger partial charge on any atom is -0.486 e. The number of piperidine rings is 1. The summed E-state index contributed by atoms with van der Waals surface area (Å²) < 4.78 is 6.27. The average molecular weight is 449 g/mol. The Hall–Kier alpha value is -3.15. The number of ether oxygens (including phenoxy) is 1. The van der Waals surface area contributed by atoms with E-state index in [1.807, 2.05) is 37.3 Å². The lowest BCUT2D eigenvalue weighted by Gasteiger charge is -2.44. The quantitative estimate of drug-likeness (QED) is 0.769. The van der Waals surface area contributed by atoms with E-state index >= 15 is 0 Å². The van der Waals surface area contributed by atoms with E-state index in [0.29, 0.717) is 49.2 Å². The number of carbonyl (C=O) groups excluding carboxylic acids is 3. The number of fused-ring (bicyclic) bond motifs is 1. The lowest BCUT2D eigenvalue weighted by Crippen LogP contribution is -2.53. The van der Waals surface area contributed by atoms with Crippen molar-refractivity contribution in [1.82, 2.24) is 10.2 Å². The molecule has 0 atom stereocenters. The second-order valence-corrected chi connectivity index (χ2v) is 10.3. The molecule has 0 saturated carbocycles. The Morgan fingerprint density at radius 3 is 2.36 bits per heavy atom. The van der Waals surface area contributed by atoms with E-state index in [-0.39, 0.29) is 29.6 Å². The Morgan fingerprint density at radius 2 is 1.73 bits per heavy atom. The molecule has 0 aliphatic carbocycles. The van der Waals surface area contributed by atoms with Gasteiger partial charge in [-0.2, -0.15) is 0 Å². The first-order valence-electron chi connectivity index (χ1n) is 11.6. The summed E-state index contributed by atoms with van der Waals surface area (Å²) in [5, 5.41) is 2.74. The second-order valence-electron chi connectivity index (χ2n) is 10.3. The molecular formula is C27H32N2O4. The van der Waals surface area contributed by atoms with Crippen molar-refractivity contribution >= 4 is 17.6 Å². The predicted octanol–water partition coefficient (Wildman–Crippen LogP) is 4.05. The van der Waals surface area contributed by atoms with Crippen LogP contribution >= 0.6 is 0 Å². The van der Waals surface area contributed by atoms with Crippen molar-refractivity contribution < 1.29 is 19.1 Å². The topological polar surface area (TPSA) is 75.7 Å². The van der Waals surface area contributed by atoms with Gasteiger partial charge in [-0.3, -0.25) is 14.4 Å². The van der Waals surface area contributed by atoms with Gasteiger partial charge in [-0.05, 0) is 42.2 Å². The van der Waals surface area contributed by atoms with Gasteiger partial charge < -0.3 is 15.0 Å². The van der Waals surface area contributed by atoms with E-state index in [1.54, 1.807) is 17.0 Å². The molecule has 1 spiro atoms. The molecule has 2 amide bonds. The average Bonchev–Trinajstić information content (AvgIpc) is 2.78.